The summed E-state index contributed by atoms with van der Waals surface area (Å²) in [6.45, 7) is 3.25. The van der Waals surface area contributed by atoms with E-state index in [0.29, 0.717) is 12.4 Å². The number of imidazole rings is 1. The normalized spacial score (nSPS) is 10.6. The van der Waals surface area contributed by atoms with Crippen molar-refractivity contribution in [3.63, 3.8) is 0 Å². The van der Waals surface area contributed by atoms with Crippen molar-refractivity contribution in [1.29, 1.82) is 0 Å². The van der Waals surface area contributed by atoms with Crippen LogP contribution in [0.4, 0.5) is 5.82 Å². The average molecular weight is 232 g/mol. The number of hydrogen-bond donors (Lipinski definition) is 1. The van der Waals surface area contributed by atoms with Crippen LogP contribution >= 0.6 is 0 Å². The monoisotopic (exact) mass is 232 g/mol. The number of pyridine rings is 1. The van der Waals surface area contributed by atoms with E-state index in [1.54, 1.807) is 27.6 Å². The number of anilines is 1. The lowest BCUT2D eigenvalue weighted by Crippen LogP contribution is -2.24. The second kappa shape index (κ2) is 4.86. The van der Waals surface area contributed by atoms with Crippen LogP contribution in [-0.4, -0.2) is 14.1 Å². The molecule has 0 aromatic carbocycles. The number of rotatable bonds is 4. The molecular weight excluding hydrogens is 216 g/mol. The molecule has 90 valence electrons. The maximum absolute atomic E-state index is 11.9. The van der Waals surface area contributed by atoms with Gasteiger partial charge in [-0.15, -0.1) is 0 Å². The smallest absolute Gasteiger partial charge is 0.328 e. The van der Waals surface area contributed by atoms with Gasteiger partial charge >= 0.3 is 5.69 Å². The van der Waals surface area contributed by atoms with Gasteiger partial charge in [-0.2, -0.15) is 0 Å². The Bertz CT molecular complexity index is 556. The molecule has 2 N–H and O–H groups in total. The van der Waals surface area contributed by atoms with E-state index in [1.165, 1.54) is 0 Å². The number of aryl methyl sites for hydroxylation is 1. The Balaban J connectivity index is 2.22. The van der Waals surface area contributed by atoms with Gasteiger partial charge in [-0.25, -0.2) is 9.78 Å². The molecule has 0 bridgehead atoms. The van der Waals surface area contributed by atoms with Crippen LogP contribution in [0.3, 0.4) is 0 Å². The first-order valence-corrected chi connectivity index (χ1v) is 5.67. The highest BCUT2D eigenvalue weighted by Gasteiger charge is 2.04. The zero-order valence-corrected chi connectivity index (χ0v) is 9.84. The van der Waals surface area contributed by atoms with E-state index in [0.717, 1.165) is 18.7 Å². The summed E-state index contributed by atoms with van der Waals surface area (Å²) in [4.78, 5) is 16.1. The van der Waals surface area contributed by atoms with Gasteiger partial charge < -0.3 is 5.73 Å². The molecule has 0 unspecified atom stereocenters. The fourth-order valence-corrected chi connectivity index (χ4v) is 1.75. The minimum absolute atomic E-state index is 0.00363. The van der Waals surface area contributed by atoms with Gasteiger partial charge in [0.25, 0.3) is 0 Å². The van der Waals surface area contributed by atoms with Gasteiger partial charge in [-0.05, 0) is 18.6 Å². The molecule has 0 saturated carbocycles. The number of nitrogen functional groups attached to an aromatic ring is 1. The SMILES string of the molecule is CCCn1ccn(Cc2cccc(N)n2)c1=O. The molecule has 2 heterocycles. The number of nitrogens with two attached hydrogens (primary N) is 1. The molecule has 5 nitrogen and oxygen atoms in total. The van der Waals surface area contributed by atoms with E-state index < -0.39 is 0 Å². The maximum Gasteiger partial charge on any atom is 0.328 e. The molecule has 0 amide bonds. The third-order valence-corrected chi connectivity index (χ3v) is 2.54. The van der Waals surface area contributed by atoms with Crippen LogP contribution in [0.2, 0.25) is 0 Å². The van der Waals surface area contributed by atoms with Crippen LogP contribution in [0.1, 0.15) is 19.0 Å². The van der Waals surface area contributed by atoms with Crippen molar-refractivity contribution in [2.75, 3.05) is 5.73 Å². The Morgan fingerprint density at radius 3 is 2.76 bits per heavy atom. The van der Waals surface area contributed by atoms with E-state index >= 15 is 0 Å². The molecule has 0 saturated heterocycles. The number of nitrogens with zero attached hydrogens (tertiary/aromatic N) is 3. The quantitative estimate of drug-likeness (QED) is 0.858. The highest BCUT2D eigenvalue weighted by molar-refractivity contribution is 5.28. The largest absolute Gasteiger partial charge is 0.384 e. The molecule has 0 radical (unpaired) electrons. The molecule has 0 fully saturated rings. The molecule has 0 aliphatic carbocycles. The summed E-state index contributed by atoms with van der Waals surface area (Å²) < 4.78 is 3.34. The van der Waals surface area contributed by atoms with Crippen molar-refractivity contribution in [1.82, 2.24) is 14.1 Å². The predicted octanol–water partition coefficient (Wildman–Crippen LogP) is 1.09. The van der Waals surface area contributed by atoms with E-state index in [1.807, 2.05) is 19.1 Å². The van der Waals surface area contributed by atoms with Gasteiger partial charge in [-0.1, -0.05) is 13.0 Å². The average Bonchev–Trinajstić information content (AvgIpc) is 2.62. The van der Waals surface area contributed by atoms with Gasteiger partial charge in [0, 0.05) is 18.9 Å². The molecular formula is C12H16N4O. The van der Waals surface area contributed by atoms with E-state index in [9.17, 15) is 4.79 Å². The van der Waals surface area contributed by atoms with Crippen molar-refractivity contribution < 1.29 is 0 Å². The summed E-state index contributed by atoms with van der Waals surface area (Å²) in [5.74, 6) is 0.475. The third-order valence-electron chi connectivity index (χ3n) is 2.54. The van der Waals surface area contributed by atoms with Crippen molar-refractivity contribution in [3.8, 4) is 0 Å². The van der Waals surface area contributed by atoms with Crippen LogP contribution in [0.15, 0.2) is 35.4 Å². The molecule has 0 aliphatic heterocycles. The summed E-state index contributed by atoms with van der Waals surface area (Å²) >= 11 is 0. The fourth-order valence-electron chi connectivity index (χ4n) is 1.75. The molecule has 0 aliphatic rings. The summed E-state index contributed by atoms with van der Waals surface area (Å²) in [5, 5.41) is 0. The van der Waals surface area contributed by atoms with Crippen molar-refractivity contribution in [2.45, 2.75) is 26.4 Å². The first-order chi connectivity index (χ1) is 8.20. The fraction of sp³-hybridized carbons (Fsp3) is 0.333. The van der Waals surface area contributed by atoms with Gasteiger partial charge in [-0.3, -0.25) is 9.13 Å². The van der Waals surface area contributed by atoms with Crippen LogP contribution in [0, 0.1) is 0 Å². The molecule has 5 heteroatoms. The second-order valence-corrected chi connectivity index (χ2v) is 3.96. The number of hydrogen-bond acceptors (Lipinski definition) is 3. The van der Waals surface area contributed by atoms with Crippen LogP contribution < -0.4 is 11.4 Å². The Hall–Kier alpha value is -2.04. The first kappa shape index (κ1) is 11.4. The topological polar surface area (TPSA) is 65.8 Å². The van der Waals surface area contributed by atoms with Gasteiger partial charge in [0.1, 0.15) is 5.82 Å². The highest BCUT2D eigenvalue weighted by atomic mass is 16.1. The van der Waals surface area contributed by atoms with Gasteiger partial charge in [0.05, 0.1) is 12.2 Å². The number of aromatic nitrogens is 3. The standard InChI is InChI=1S/C12H16N4O/c1-2-6-15-7-8-16(12(15)17)9-10-4-3-5-11(13)14-10/h3-5,7-8H,2,6,9H2,1H3,(H2,13,14). The Labute approximate surface area is 99.5 Å². The molecule has 2 aromatic rings. The third kappa shape index (κ3) is 2.55. The molecule has 0 atom stereocenters. The Kier molecular flexibility index (Phi) is 3.27. The lowest BCUT2D eigenvalue weighted by molar-refractivity contribution is 0.621. The van der Waals surface area contributed by atoms with Crippen molar-refractivity contribution in [2.24, 2.45) is 0 Å². The lowest BCUT2D eigenvalue weighted by Gasteiger charge is -2.02. The van der Waals surface area contributed by atoms with E-state index in [-0.39, 0.29) is 5.69 Å². The zero-order chi connectivity index (χ0) is 12.3. The highest BCUT2D eigenvalue weighted by Crippen LogP contribution is 2.02. The minimum atomic E-state index is -0.00363. The Morgan fingerprint density at radius 2 is 2.06 bits per heavy atom. The predicted molar refractivity (Wildman–Crippen MR) is 66.7 cm³/mol. The minimum Gasteiger partial charge on any atom is -0.384 e. The Morgan fingerprint density at radius 1 is 1.29 bits per heavy atom. The van der Waals surface area contributed by atoms with Crippen LogP contribution in [0.25, 0.3) is 0 Å². The summed E-state index contributed by atoms with van der Waals surface area (Å²) in [7, 11) is 0. The summed E-state index contributed by atoms with van der Waals surface area (Å²) in [5.41, 5.74) is 6.39. The van der Waals surface area contributed by atoms with Crippen LogP contribution in [-0.2, 0) is 13.1 Å². The summed E-state index contributed by atoms with van der Waals surface area (Å²) in [6, 6.07) is 5.43. The van der Waals surface area contributed by atoms with Crippen LogP contribution in [0.5, 0.6) is 0 Å². The molecule has 2 rings (SSSR count). The molecule has 2 aromatic heterocycles. The molecule has 17 heavy (non-hydrogen) atoms. The second-order valence-electron chi connectivity index (χ2n) is 3.96. The van der Waals surface area contributed by atoms with Gasteiger partial charge in [0.15, 0.2) is 0 Å². The maximum atomic E-state index is 11.9. The van der Waals surface area contributed by atoms with Crippen molar-refractivity contribution >= 4 is 5.82 Å². The van der Waals surface area contributed by atoms with Gasteiger partial charge in [0.2, 0.25) is 0 Å². The van der Waals surface area contributed by atoms with E-state index in [2.05, 4.69) is 4.98 Å². The molecule has 0 spiro atoms. The first-order valence-electron chi connectivity index (χ1n) is 5.67. The zero-order valence-electron chi connectivity index (χ0n) is 9.84. The summed E-state index contributed by atoms with van der Waals surface area (Å²) in [6.07, 6.45) is 4.53. The lowest BCUT2D eigenvalue weighted by atomic mass is 10.3. The van der Waals surface area contributed by atoms with E-state index in [4.69, 9.17) is 5.73 Å². The van der Waals surface area contributed by atoms with Crippen molar-refractivity contribution in [3.05, 3.63) is 46.8 Å².